The molecule has 1 aliphatic carbocycles. The Kier molecular flexibility index (Phi) is 6.38. The van der Waals surface area contributed by atoms with Crippen molar-refractivity contribution in [2.24, 2.45) is 0 Å². The van der Waals surface area contributed by atoms with Crippen molar-refractivity contribution in [3.05, 3.63) is 29.8 Å². The smallest absolute Gasteiger partial charge is 0.115 e. The molecule has 1 aliphatic rings. The molecule has 2 heteroatoms. The zero-order chi connectivity index (χ0) is 14.2. The van der Waals surface area contributed by atoms with Gasteiger partial charge in [-0.3, -0.25) is 0 Å². The van der Waals surface area contributed by atoms with Gasteiger partial charge in [0.25, 0.3) is 0 Å². The third kappa shape index (κ3) is 5.54. The van der Waals surface area contributed by atoms with E-state index in [0.29, 0.717) is 11.8 Å². The van der Waals surface area contributed by atoms with Gasteiger partial charge in [-0.15, -0.1) is 0 Å². The molecule has 112 valence electrons. The molecule has 0 aliphatic heterocycles. The van der Waals surface area contributed by atoms with Gasteiger partial charge in [-0.2, -0.15) is 0 Å². The second kappa shape index (κ2) is 8.31. The van der Waals surface area contributed by atoms with Crippen molar-refractivity contribution in [3.8, 4) is 5.75 Å². The highest BCUT2D eigenvalue weighted by Crippen LogP contribution is 2.18. The molecular weight excluding hydrogens is 246 g/mol. The lowest BCUT2D eigenvalue weighted by molar-refractivity contribution is 0.351. The van der Waals surface area contributed by atoms with Crippen molar-refractivity contribution in [1.82, 2.24) is 5.32 Å². The Morgan fingerprint density at radius 3 is 2.30 bits per heavy atom. The van der Waals surface area contributed by atoms with E-state index in [1.165, 1.54) is 56.9 Å². The second-order valence-electron chi connectivity index (χ2n) is 6.31. The average Bonchev–Trinajstić information content (AvgIpc) is 2.41. The number of phenols is 1. The number of aryl methyl sites for hydroxylation is 1. The molecule has 1 saturated carbocycles. The average molecular weight is 275 g/mol. The van der Waals surface area contributed by atoms with Gasteiger partial charge in [0.15, 0.2) is 0 Å². The summed E-state index contributed by atoms with van der Waals surface area (Å²) < 4.78 is 0. The van der Waals surface area contributed by atoms with E-state index in [-0.39, 0.29) is 0 Å². The van der Waals surface area contributed by atoms with Crippen LogP contribution in [-0.2, 0) is 6.42 Å². The molecule has 1 atom stereocenters. The van der Waals surface area contributed by atoms with Gasteiger partial charge in [-0.25, -0.2) is 0 Å². The summed E-state index contributed by atoms with van der Waals surface area (Å²) in [6, 6.07) is 8.92. The number of hydrogen-bond donors (Lipinski definition) is 2. The van der Waals surface area contributed by atoms with E-state index in [2.05, 4.69) is 12.2 Å². The topological polar surface area (TPSA) is 32.3 Å². The molecule has 1 aromatic carbocycles. The van der Waals surface area contributed by atoms with E-state index in [1.54, 1.807) is 12.1 Å². The number of rotatable bonds is 5. The molecule has 0 spiro atoms. The van der Waals surface area contributed by atoms with Crippen molar-refractivity contribution in [2.45, 2.75) is 76.8 Å². The molecule has 0 bridgehead atoms. The first kappa shape index (κ1) is 15.4. The van der Waals surface area contributed by atoms with Crippen molar-refractivity contribution < 1.29 is 5.11 Å². The fraction of sp³-hybridized carbons (Fsp3) is 0.667. The Labute approximate surface area is 123 Å². The van der Waals surface area contributed by atoms with Crippen molar-refractivity contribution in [3.63, 3.8) is 0 Å². The van der Waals surface area contributed by atoms with E-state index >= 15 is 0 Å². The quantitative estimate of drug-likeness (QED) is 0.834. The predicted molar refractivity (Wildman–Crippen MR) is 85.1 cm³/mol. The molecule has 0 radical (unpaired) electrons. The van der Waals surface area contributed by atoms with Crippen LogP contribution in [0.1, 0.15) is 63.9 Å². The van der Waals surface area contributed by atoms with Crippen LogP contribution in [0, 0.1) is 0 Å². The van der Waals surface area contributed by atoms with Crippen LogP contribution in [0.3, 0.4) is 0 Å². The van der Waals surface area contributed by atoms with Crippen molar-refractivity contribution in [2.75, 3.05) is 0 Å². The SMILES string of the molecule is C[C@@H](CCc1ccc(O)cc1)NC1CCCCCCC1. The van der Waals surface area contributed by atoms with Gasteiger partial charge < -0.3 is 10.4 Å². The maximum Gasteiger partial charge on any atom is 0.115 e. The summed E-state index contributed by atoms with van der Waals surface area (Å²) in [6.45, 7) is 2.30. The molecule has 1 aromatic rings. The molecule has 2 rings (SSSR count). The van der Waals surface area contributed by atoms with Crippen molar-refractivity contribution >= 4 is 0 Å². The maximum atomic E-state index is 9.29. The van der Waals surface area contributed by atoms with Crippen molar-refractivity contribution in [1.29, 1.82) is 0 Å². The van der Waals surface area contributed by atoms with Gasteiger partial charge >= 0.3 is 0 Å². The van der Waals surface area contributed by atoms with Crippen LogP contribution in [0.2, 0.25) is 0 Å². The Morgan fingerprint density at radius 1 is 1.05 bits per heavy atom. The Bertz CT molecular complexity index is 366. The van der Waals surface area contributed by atoms with Crippen LogP contribution in [0.5, 0.6) is 5.75 Å². The fourth-order valence-electron chi connectivity index (χ4n) is 3.15. The minimum atomic E-state index is 0.356. The monoisotopic (exact) mass is 275 g/mol. The molecule has 1 fully saturated rings. The number of phenolic OH excluding ortho intramolecular Hbond substituents is 1. The van der Waals surface area contributed by atoms with E-state index in [4.69, 9.17) is 0 Å². The second-order valence-corrected chi connectivity index (χ2v) is 6.31. The van der Waals surface area contributed by atoms with Gasteiger partial charge in [-0.05, 0) is 50.3 Å². The molecule has 0 saturated heterocycles. The van der Waals surface area contributed by atoms with Crippen LogP contribution in [-0.4, -0.2) is 17.2 Å². The number of hydrogen-bond acceptors (Lipinski definition) is 2. The van der Waals surface area contributed by atoms with E-state index in [0.717, 1.165) is 12.5 Å². The Balaban J connectivity index is 1.71. The third-order valence-electron chi connectivity index (χ3n) is 4.43. The largest absolute Gasteiger partial charge is 0.508 e. The van der Waals surface area contributed by atoms with Gasteiger partial charge in [0.2, 0.25) is 0 Å². The van der Waals surface area contributed by atoms with E-state index < -0.39 is 0 Å². The standard InChI is InChI=1S/C18H29NO/c1-15(9-10-16-11-13-18(20)14-12-16)19-17-7-5-3-2-4-6-8-17/h11-15,17,19-20H,2-10H2,1H3/t15-/m0/s1. The van der Waals surface area contributed by atoms with Crippen LogP contribution in [0.15, 0.2) is 24.3 Å². The summed E-state index contributed by atoms with van der Waals surface area (Å²) in [5.74, 6) is 0.356. The third-order valence-corrected chi connectivity index (χ3v) is 4.43. The van der Waals surface area contributed by atoms with Gasteiger partial charge in [0.1, 0.15) is 5.75 Å². The lowest BCUT2D eigenvalue weighted by Crippen LogP contribution is -2.37. The number of benzene rings is 1. The maximum absolute atomic E-state index is 9.29. The summed E-state index contributed by atoms with van der Waals surface area (Å²) in [5, 5.41) is 13.1. The van der Waals surface area contributed by atoms with Gasteiger partial charge in [-0.1, -0.05) is 44.2 Å². The summed E-state index contributed by atoms with van der Waals surface area (Å²) in [6.07, 6.45) is 12.0. The summed E-state index contributed by atoms with van der Waals surface area (Å²) in [4.78, 5) is 0. The Hall–Kier alpha value is -1.02. The van der Waals surface area contributed by atoms with Gasteiger partial charge in [0.05, 0.1) is 0 Å². The highest BCUT2D eigenvalue weighted by Gasteiger charge is 2.13. The molecular formula is C18H29NO. The summed E-state index contributed by atoms with van der Waals surface area (Å²) in [5.41, 5.74) is 1.31. The molecule has 2 N–H and O–H groups in total. The van der Waals surface area contributed by atoms with E-state index in [1.807, 2.05) is 12.1 Å². The molecule has 0 aromatic heterocycles. The predicted octanol–water partition coefficient (Wildman–Crippen LogP) is 4.42. The molecule has 20 heavy (non-hydrogen) atoms. The zero-order valence-electron chi connectivity index (χ0n) is 12.8. The normalized spacial score (nSPS) is 19.2. The van der Waals surface area contributed by atoms with Gasteiger partial charge in [0, 0.05) is 12.1 Å². The molecule has 0 amide bonds. The summed E-state index contributed by atoms with van der Waals surface area (Å²) in [7, 11) is 0. The Morgan fingerprint density at radius 2 is 1.65 bits per heavy atom. The first-order valence-electron chi connectivity index (χ1n) is 8.28. The highest BCUT2D eigenvalue weighted by atomic mass is 16.3. The molecule has 2 nitrogen and oxygen atoms in total. The fourth-order valence-corrected chi connectivity index (χ4v) is 3.15. The zero-order valence-corrected chi connectivity index (χ0v) is 12.8. The lowest BCUT2D eigenvalue weighted by Gasteiger charge is -2.25. The van der Waals surface area contributed by atoms with Crippen LogP contribution < -0.4 is 5.32 Å². The lowest BCUT2D eigenvalue weighted by atomic mass is 9.95. The van der Waals surface area contributed by atoms with Crippen LogP contribution in [0.4, 0.5) is 0 Å². The molecule has 0 unspecified atom stereocenters. The minimum Gasteiger partial charge on any atom is -0.508 e. The first-order valence-corrected chi connectivity index (χ1v) is 8.28. The summed E-state index contributed by atoms with van der Waals surface area (Å²) >= 11 is 0. The minimum absolute atomic E-state index is 0.356. The highest BCUT2D eigenvalue weighted by molar-refractivity contribution is 5.25. The van der Waals surface area contributed by atoms with Crippen LogP contribution >= 0.6 is 0 Å². The van der Waals surface area contributed by atoms with E-state index in [9.17, 15) is 5.11 Å². The molecule has 0 heterocycles. The number of nitrogens with one attached hydrogen (secondary N) is 1. The number of aromatic hydroxyl groups is 1. The first-order chi connectivity index (χ1) is 9.74. The van der Waals surface area contributed by atoms with Crippen LogP contribution in [0.25, 0.3) is 0 Å².